The minimum atomic E-state index is -0.779. The van der Waals surface area contributed by atoms with Crippen LogP contribution in [0.5, 0.6) is 11.5 Å². The summed E-state index contributed by atoms with van der Waals surface area (Å²) in [5, 5.41) is 5.33. The zero-order chi connectivity index (χ0) is 14.1. The highest BCUT2D eigenvalue weighted by atomic mass is 19.1. The van der Waals surface area contributed by atoms with E-state index in [1.807, 2.05) is 0 Å². The number of nitrogens with zero attached hydrogens (tertiary/aromatic N) is 1. The number of hydrogen-bond donors (Lipinski definition) is 2. The number of halogens is 2. The van der Waals surface area contributed by atoms with Gasteiger partial charge in [0.25, 0.3) is 0 Å². The third-order valence-electron chi connectivity index (χ3n) is 2.80. The molecule has 0 fully saturated rings. The standard InChI is InChI=1S/C13H11F2N3O2/c1-16-12-8(14)5-9(15)13(18-12)17-7-2-3-10-11(4-7)20-6-19-10/h2-5H,6H2,1H3,(H2,16,17,18). The van der Waals surface area contributed by atoms with Crippen LogP contribution in [0.2, 0.25) is 0 Å². The zero-order valence-corrected chi connectivity index (χ0v) is 10.5. The third kappa shape index (κ3) is 2.18. The highest BCUT2D eigenvalue weighted by Crippen LogP contribution is 2.35. The number of anilines is 3. The van der Waals surface area contributed by atoms with Crippen molar-refractivity contribution in [2.24, 2.45) is 0 Å². The number of aromatic nitrogens is 1. The molecule has 2 aromatic rings. The predicted molar refractivity (Wildman–Crippen MR) is 69.5 cm³/mol. The van der Waals surface area contributed by atoms with Crippen LogP contribution in [-0.4, -0.2) is 18.8 Å². The summed E-state index contributed by atoms with van der Waals surface area (Å²) in [7, 11) is 1.51. The Morgan fingerprint density at radius 3 is 2.60 bits per heavy atom. The first-order valence-corrected chi connectivity index (χ1v) is 5.88. The minimum absolute atomic E-state index is 0.0327. The maximum atomic E-state index is 13.7. The second-order valence-corrected chi connectivity index (χ2v) is 4.09. The van der Waals surface area contributed by atoms with Gasteiger partial charge in [0, 0.05) is 24.9 Å². The van der Waals surface area contributed by atoms with E-state index >= 15 is 0 Å². The minimum Gasteiger partial charge on any atom is -0.454 e. The maximum absolute atomic E-state index is 13.7. The summed E-state index contributed by atoms with van der Waals surface area (Å²) in [6.45, 7) is 0.159. The highest BCUT2D eigenvalue weighted by molar-refractivity contribution is 5.63. The fraction of sp³-hybridized carbons (Fsp3) is 0.154. The van der Waals surface area contributed by atoms with E-state index in [1.54, 1.807) is 18.2 Å². The Morgan fingerprint density at radius 2 is 1.80 bits per heavy atom. The van der Waals surface area contributed by atoms with Crippen LogP contribution in [0.4, 0.5) is 26.1 Å². The molecule has 0 aliphatic carbocycles. The second kappa shape index (κ2) is 4.84. The number of pyridine rings is 1. The third-order valence-corrected chi connectivity index (χ3v) is 2.80. The number of nitrogens with one attached hydrogen (secondary N) is 2. The van der Waals surface area contributed by atoms with E-state index in [4.69, 9.17) is 9.47 Å². The van der Waals surface area contributed by atoms with Gasteiger partial charge in [-0.15, -0.1) is 0 Å². The van der Waals surface area contributed by atoms with Gasteiger partial charge in [0.15, 0.2) is 34.8 Å². The first kappa shape index (κ1) is 12.5. The van der Waals surface area contributed by atoms with Gasteiger partial charge in [0.05, 0.1) is 0 Å². The summed E-state index contributed by atoms with van der Waals surface area (Å²) < 4.78 is 37.4. The van der Waals surface area contributed by atoms with Crippen molar-refractivity contribution >= 4 is 17.3 Å². The molecule has 0 saturated carbocycles. The topological polar surface area (TPSA) is 55.4 Å². The average Bonchev–Trinajstić information content (AvgIpc) is 2.89. The van der Waals surface area contributed by atoms with Crippen molar-refractivity contribution in [1.82, 2.24) is 4.98 Å². The summed E-state index contributed by atoms with van der Waals surface area (Å²) in [6, 6.07) is 5.82. The van der Waals surface area contributed by atoms with Gasteiger partial charge in [-0.25, -0.2) is 13.8 Å². The van der Waals surface area contributed by atoms with Gasteiger partial charge in [-0.05, 0) is 12.1 Å². The Morgan fingerprint density at radius 1 is 1.05 bits per heavy atom. The Labute approximate surface area is 113 Å². The molecule has 0 spiro atoms. The molecule has 0 radical (unpaired) electrons. The Hall–Kier alpha value is -2.57. The molecule has 104 valence electrons. The molecule has 0 amide bonds. The van der Waals surface area contributed by atoms with Crippen LogP contribution >= 0.6 is 0 Å². The molecule has 2 N–H and O–H groups in total. The number of ether oxygens (including phenoxy) is 2. The molecule has 1 aromatic heterocycles. The van der Waals surface area contributed by atoms with Gasteiger partial charge in [-0.3, -0.25) is 0 Å². The monoisotopic (exact) mass is 279 g/mol. The van der Waals surface area contributed by atoms with Crippen LogP contribution in [0.1, 0.15) is 0 Å². The quantitative estimate of drug-likeness (QED) is 0.904. The smallest absolute Gasteiger partial charge is 0.231 e. The van der Waals surface area contributed by atoms with Crippen molar-refractivity contribution in [3.63, 3.8) is 0 Å². The van der Waals surface area contributed by atoms with E-state index < -0.39 is 11.6 Å². The SMILES string of the molecule is CNc1nc(Nc2ccc3c(c2)OCO3)c(F)cc1F. The Balaban J connectivity index is 1.91. The van der Waals surface area contributed by atoms with Crippen LogP contribution in [0.25, 0.3) is 0 Å². The fourth-order valence-corrected chi connectivity index (χ4v) is 1.84. The van der Waals surface area contributed by atoms with Crippen molar-refractivity contribution in [3.8, 4) is 11.5 Å². The molecule has 0 saturated heterocycles. The predicted octanol–water partition coefficient (Wildman–Crippen LogP) is 2.87. The molecule has 0 bridgehead atoms. The van der Waals surface area contributed by atoms with Crippen LogP contribution in [0.15, 0.2) is 24.3 Å². The van der Waals surface area contributed by atoms with E-state index in [0.717, 1.165) is 6.07 Å². The molecule has 7 heteroatoms. The molecule has 2 heterocycles. The molecule has 1 aromatic carbocycles. The lowest BCUT2D eigenvalue weighted by Crippen LogP contribution is -2.03. The molecule has 0 unspecified atom stereocenters. The Bertz CT molecular complexity index is 664. The second-order valence-electron chi connectivity index (χ2n) is 4.09. The molecule has 3 rings (SSSR count). The van der Waals surface area contributed by atoms with Crippen molar-refractivity contribution in [2.75, 3.05) is 24.5 Å². The van der Waals surface area contributed by atoms with Crippen LogP contribution < -0.4 is 20.1 Å². The number of hydrogen-bond acceptors (Lipinski definition) is 5. The number of rotatable bonds is 3. The number of benzene rings is 1. The summed E-state index contributed by atoms with van der Waals surface area (Å²) >= 11 is 0. The molecule has 1 aliphatic heterocycles. The van der Waals surface area contributed by atoms with Crippen LogP contribution in [0.3, 0.4) is 0 Å². The van der Waals surface area contributed by atoms with Gasteiger partial charge in [-0.1, -0.05) is 0 Å². The van der Waals surface area contributed by atoms with Gasteiger partial charge >= 0.3 is 0 Å². The first-order chi connectivity index (χ1) is 9.67. The fourth-order valence-electron chi connectivity index (χ4n) is 1.84. The molecule has 0 atom stereocenters. The van der Waals surface area contributed by atoms with Gasteiger partial charge < -0.3 is 20.1 Å². The van der Waals surface area contributed by atoms with Crippen molar-refractivity contribution in [1.29, 1.82) is 0 Å². The zero-order valence-electron chi connectivity index (χ0n) is 10.5. The Kier molecular flexibility index (Phi) is 3.02. The van der Waals surface area contributed by atoms with Crippen LogP contribution in [0, 0.1) is 11.6 Å². The molecular formula is C13H11F2N3O2. The normalized spacial score (nSPS) is 12.3. The van der Waals surface area contributed by atoms with Crippen molar-refractivity contribution in [2.45, 2.75) is 0 Å². The summed E-state index contributed by atoms with van der Waals surface area (Å²) in [4.78, 5) is 3.83. The first-order valence-electron chi connectivity index (χ1n) is 5.88. The summed E-state index contributed by atoms with van der Waals surface area (Å²) in [5.74, 6) is -0.449. The summed E-state index contributed by atoms with van der Waals surface area (Å²) in [5.41, 5.74) is 0.564. The van der Waals surface area contributed by atoms with Gasteiger partial charge in [-0.2, -0.15) is 0 Å². The van der Waals surface area contributed by atoms with E-state index in [2.05, 4.69) is 15.6 Å². The van der Waals surface area contributed by atoms with Crippen LogP contribution in [-0.2, 0) is 0 Å². The van der Waals surface area contributed by atoms with E-state index in [9.17, 15) is 8.78 Å². The number of fused-ring (bicyclic) bond motifs is 1. The van der Waals surface area contributed by atoms with E-state index in [1.165, 1.54) is 7.05 Å². The highest BCUT2D eigenvalue weighted by Gasteiger charge is 2.15. The van der Waals surface area contributed by atoms with Gasteiger partial charge in [0.2, 0.25) is 6.79 Å². The lowest BCUT2D eigenvalue weighted by Gasteiger charge is -2.10. The maximum Gasteiger partial charge on any atom is 0.231 e. The molecular weight excluding hydrogens is 268 g/mol. The van der Waals surface area contributed by atoms with E-state index in [-0.39, 0.29) is 18.4 Å². The van der Waals surface area contributed by atoms with Crippen molar-refractivity contribution < 1.29 is 18.3 Å². The molecule has 5 nitrogen and oxygen atoms in total. The molecule has 20 heavy (non-hydrogen) atoms. The van der Waals surface area contributed by atoms with E-state index in [0.29, 0.717) is 17.2 Å². The molecule has 1 aliphatic rings. The van der Waals surface area contributed by atoms with Crippen molar-refractivity contribution in [3.05, 3.63) is 35.9 Å². The lowest BCUT2D eigenvalue weighted by atomic mass is 10.2. The average molecular weight is 279 g/mol. The summed E-state index contributed by atoms with van der Waals surface area (Å²) in [6.07, 6.45) is 0. The largest absolute Gasteiger partial charge is 0.454 e. The lowest BCUT2D eigenvalue weighted by molar-refractivity contribution is 0.174. The van der Waals surface area contributed by atoms with Gasteiger partial charge in [0.1, 0.15) is 0 Å².